The SMILES string of the molecule is CCCC1(C(=O)O)CCCN(C(=O)NCc2ncc[nH]2)C1. The van der Waals surface area contributed by atoms with Crippen LogP contribution in [0.2, 0.25) is 0 Å². The molecule has 3 N–H and O–H groups in total. The Kier molecular flexibility index (Phi) is 4.82. The number of nitrogens with zero attached hydrogens (tertiary/aromatic N) is 2. The molecular formula is C14H22N4O3. The van der Waals surface area contributed by atoms with Gasteiger partial charge in [-0.1, -0.05) is 13.3 Å². The summed E-state index contributed by atoms with van der Waals surface area (Å²) in [6.07, 6.45) is 6.08. The van der Waals surface area contributed by atoms with E-state index in [1.165, 1.54) is 0 Å². The summed E-state index contributed by atoms with van der Waals surface area (Å²) >= 11 is 0. The van der Waals surface area contributed by atoms with E-state index in [2.05, 4.69) is 15.3 Å². The summed E-state index contributed by atoms with van der Waals surface area (Å²) in [5.41, 5.74) is -0.797. The van der Waals surface area contributed by atoms with E-state index in [4.69, 9.17) is 0 Å². The van der Waals surface area contributed by atoms with Gasteiger partial charge in [0.2, 0.25) is 0 Å². The number of carbonyl (C=O) groups is 2. The predicted octanol–water partition coefficient (Wildman–Crippen LogP) is 1.59. The van der Waals surface area contributed by atoms with Crippen LogP contribution in [0.3, 0.4) is 0 Å². The summed E-state index contributed by atoms with van der Waals surface area (Å²) in [4.78, 5) is 32.3. The first-order valence-electron chi connectivity index (χ1n) is 7.32. The Bertz CT molecular complexity index is 484. The zero-order valence-electron chi connectivity index (χ0n) is 12.3. The zero-order valence-corrected chi connectivity index (χ0v) is 12.3. The third kappa shape index (κ3) is 3.53. The van der Waals surface area contributed by atoms with Crippen molar-refractivity contribution < 1.29 is 14.7 Å². The number of piperidine rings is 1. The number of H-pyrrole nitrogens is 1. The van der Waals surface area contributed by atoms with E-state index in [1.54, 1.807) is 17.3 Å². The molecule has 0 bridgehead atoms. The van der Waals surface area contributed by atoms with Crippen LogP contribution < -0.4 is 5.32 Å². The van der Waals surface area contributed by atoms with Crippen molar-refractivity contribution in [2.45, 2.75) is 39.2 Å². The highest BCUT2D eigenvalue weighted by atomic mass is 16.4. The second-order valence-corrected chi connectivity index (χ2v) is 5.56. The molecule has 0 aliphatic carbocycles. The van der Waals surface area contributed by atoms with Crippen molar-refractivity contribution in [2.24, 2.45) is 5.41 Å². The van der Waals surface area contributed by atoms with Gasteiger partial charge in [0.1, 0.15) is 5.82 Å². The van der Waals surface area contributed by atoms with Gasteiger partial charge in [-0.15, -0.1) is 0 Å². The summed E-state index contributed by atoms with van der Waals surface area (Å²) in [5.74, 6) is -0.119. The molecule has 0 spiro atoms. The van der Waals surface area contributed by atoms with Crippen molar-refractivity contribution >= 4 is 12.0 Å². The number of aromatic amines is 1. The number of imidazole rings is 1. The molecule has 1 fully saturated rings. The number of carboxylic acids is 1. The molecule has 2 heterocycles. The number of aromatic nitrogens is 2. The average Bonchev–Trinajstić information content (AvgIpc) is 2.98. The lowest BCUT2D eigenvalue weighted by Crippen LogP contribution is -2.52. The van der Waals surface area contributed by atoms with Crippen molar-refractivity contribution in [3.8, 4) is 0 Å². The first-order chi connectivity index (χ1) is 10.1. The fourth-order valence-corrected chi connectivity index (χ4v) is 2.94. The quantitative estimate of drug-likeness (QED) is 0.768. The Morgan fingerprint density at radius 2 is 2.38 bits per heavy atom. The third-order valence-electron chi connectivity index (χ3n) is 4.01. The number of carbonyl (C=O) groups excluding carboxylic acids is 1. The van der Waals surface area contributed by atoms with Crippen LogP contribution in [0.25, 0.3) is 0 Å². The van der Waals surface area contributed by atoms with Gasteiger partial charge in [-0.25, -0.2) is 9.78 Å². The van der Waals surface area contributed by atoms with Gasteiger partial charge in [-0.3, -0.25) is 4.79 Å². The lowest BCUT2D eigenvalue weighted by Gasteiger charge is -2.39. The standard InChI is InChI=1S/C14H22N4O3/c1-2-4-14(12(19)20)5-3-8-18(10-14)13(21)17-9-11-15-6-7-16-11/h6-7H,2-5,8-10H2,1H3,(H,15,16)(H,17,21)(H,19,20). The largest absolute Gasteiger partial charge is 0.481 e. The van der Waals surface area contributed by atoms with Gasteiger partial charge in [0.05, 0.1) is 12.0 Å². The minimum atomic E-state index is -0.798. The number of hydrogen-bond donors (Lipinski definition) is 3. The average molecular weight is 294 g/mol. The lowest BCUT2D eigenvalue weighted by atomic mass is 9.76. The molecule has 7 heteroatoms. The van der Waals surface area contributed by atoms with Gasteiger partial charge in [0, 0.05) is 25.5 Å². The number of rotatable bonds is 5. The van der Waals surface area contributed by atoms with Gasteiger partial charge in [-0.2, -0.15) is 0 Å². The highest BCUT2D eigenvalue weighted by Gasteiger charge is 2.42. The molecule has 0 aromatic carbocycles. The molecule has 1 aromatic rings. The first-order valence-corrected chi connectivity index (χ1v) is 7.32. The monoisotopic (exact) mass is 294 g/mol. The molecule has 1 aliphatic rings. The van der Waals surface area contributed by atoms with Crippen LogP contribution in [-0.4, -0.2) is 45.1 Å². The van der Waals surface area contributed by atoms with Gasteiger partial charge in [0.15, 0.2) is 0 Å². The Morgan fingerprint density at radius 3 is 3.00 bits per heavy atom. The smallest absolute Gasteiger partial charge is 0.317 e. The minimum Gasteiger partial charge on any atom is -0.481 e. The number of amides is 2. The topological polar surface area (TPSA) is 98.3 Å². The number of aliphatic carboxylic acids is 1. The molecule has 2 amide bonds. The fourth-order valence-electron chi connectivity index (χ4n) is 2.94. The van der Waals surface area contributed by atoms with Gasteiger partial charge in [-0.05, 0) is 19.3 Å². The maximum absolute atomic E-state index is 12.2. The van der Waals surface area contributed by atoms with Crippen molar-refractivity contribution in [2.75, 3.05) is 13.1 Å². The first kappa shape index (κ1) is 15.3. The van der Waals surface area contributed by atoms with E-state index < -0.39 is 11.4 Å². The second kappa shape index (κ2) is 6.60. The molecule has 1 aliphatic heterocycles. The fraction of sp³-hybridized carbons (Fsp3) is 0.643. The maximum atomic E-state index is 12.2. The number of nitrogens with one attached hydrogen (secondary N) is 2. The molecule has 1 saturated heterocycles. The van der Waals surface area contributed by atoms with Crippen molar-refractivity contribution in [1.82, 2.24) is 20.2 Å². The van der Waals surface area contributed by atoms with Crippen molar-refractivity contribution in [3.63, 3.8) is 0 Å². The molecule has 1 atom stereocenters. The molecule has 0 radical (unpaired) electrons. The van der Waals surface area contributed by atoms with E-state index in [0.29, 0.717) is 31.8 Å². The highest BCUT2D eigenvalue weighted by molar-refractivity contribution is 5.78. The van der Waals surface area contributed by atoms with E-state index >= 15 is 0 Å². The van der Waals surface area contributed by atoms with Crippen LogP contribution in [-0.2, 0) is 11.3 Å². The molecule has 2 rings (SSSR count). The zero-order chi connectivity index (χ0) is 15.3. The van der Waals surface area contributed by atoms with Gasteiger partial charge in [0.25, 0.3) is 0 Å². The second-order valence-electron chi connectivity index (χ2n) is 5.56. The van der Waals surface area contributed by atoms with Crippen LogP contribution in [0.1, 0.15) is 38.4 Å². The van der Waals surface area contributed by atoms with Crippen LogP contribution in [0.15, 0.2) is 12.4 Å². The molecule has 7 nitrogen and oxygen atoms in total. The Morgan fingerprint density at radius 1 is 1.57 bits per heavy atom. The number of carboxylic acid groups (broad SMARTS) is 1. The number of likely N-dealkylation sites (tertiary alicyclic amines) is 1. The Balaban J connectivity index is 1.96. The highest BCUT2D eigenvalue weighted by Crippen LogP contribution is 2.35. The van der Waals surface area contributed by atoms with Crippen molar-refractivity contribution in [1.29, 1.82) is 0 Å². The van der Waals surface area contributed by atoms with Crippen LogP contribution >= 0.6 is 0 Å². The summed E-state index contributed by atoms with van der Waals surface area (Å²) in [7, 11) is 0. The van der Waals surface area contributed by atoms with Gasteiger partial charge < -0.3 is 20.3 Å². The van der Waals surface area contributed by atoms with Crippen LogP contribution in [0.4, 0.5) is 4.79 Å². The summed E-state index contributed by atoms with van der Waals surface area (Å²) in [6, 6.07) is -0.229. The molecule has 116 valence electrons. The Hall–Kier alpha value is -2.05. The summed E-state index contributed by atoms with van der Waals surface area (Å²) in [5, 5.41) is 12.3. The molecule has 21 heavy (non-hydrogen) atoms. The Labute approximate surface area is 123 Å². The molecular weight excluding hydrogens is 272 g/mol. The van der Waals surface area contributed by atoms with Crippen LogP contribution in [0.5, 0.6) is 0 Å². The lowest BCUT2D eigenvalue weighted by molar-refractivity contribution is -0.152. The van der Waals surface area contributed by atoms with Crippen LogP contribution in [0, 0.1) is 5.41 Å². The third-order valence-corrected chi connectivity index (χ3v) is 4.01. The van der Waals surface area contributed by atoms with E-state index in [1.807, 2.05) is 6.92 Å². The van der Waals surface area contributed by atoms with E-state index in [9.17, 15) is 14.7 Å². The number of urea groups is 1. The normalized spacial score (nSPS) is 22.0. The molecule has 1 unspecified atom stereocenters. The van der Waals surface area contributed by atoms with Gasteiger partial charge >= 0.3 is 12.0 Å². The predicted molar refractivity (Wildman–Crippen MR) is 76.6 cm³/mol. The molecule has 0 saturated carbocycles. The van der Waals surface area contributed by atoms with Crippen molar-refractivity contribution in [3.05, 3.63) is 18.2 Å². The summed E-state index contributed by atoms with van der Waals surface area (Å²) in [6.45, 7) is 3.17. The van der Waals surface area contributed by atoms with E-state index in [-0.39, 0.29) is 12.6 Å². The minimum absolute atomic E-state index is 0.229. The molecule has 1 aromatic heterocycles. The number of hydrogen-bond acceptors (Lipinski definition) is 3. The maximum Gasteiger partial charge on any atom is 0.317 e. The summed E-state index contributed by atoms with van der Waals surface area (Å²) < 4.78 is 0. The van der Waals surface area contributed by atoms with E-state index in [0.717, 1.165) is 12.8 Å².